The monoisotopic (exact) mass is 427 g/mol. The first-order valence-corrected chi connectivity index (χ1v) is 10.9. The van der Waals surface area contributed by atoms with Crippen LogP contribution in [0.5, 0.6) is 0 Å². The van der Waals surface area contributed by atoms with E-state index in [4.69, 9.17) is 9.73 Å². The SMILES string of the molecule is CCNC(=NCc1cccc(N(C)C)c1)NCC(c1ccc(F)cc1)N1CCOCC1. The number of rotatable bonds is 8. The van der Waals surface area contributed by atoms with Gasteiger partial charge < -0.3 is 20.3 Å². The molecule has 1 fully saturated rings. The number of nitrogens with zero attached hydrogens (tertiary/aromatic N) is 3. The van der Waals surface area contributed by atoms with Gasteiger partial charge in [-0.05, 0) is 42.3 Å². The maximum Gasteiger partial charge on any atom is 0.191 e. The summed E-state index contributed by atoms with van der Waals surface area (Å²) in [4.78, 5) is 9.25. The molecule has 0 saturated carbocycles. The summed E-state index contributed by atoms with van der Waals surface area (Å²) in [5.74, 6) is 0.561. The second-order valence-electron chi connectivity index (χ2n) is 7.86. The number of hydrogen-bond donors (Lipinski definition) is 2. The van der Waals surface area contributed by atoms with Crippen LogP contribution < -0.4 is 15.5 Å². The van der Waals surface area contributed by atoms with Crippen LogP contribution in [0.2, 0.25) is 0 Å². The van der Waals surface area contributed by atoms with E-state index < -0.39 is 0 Å². The first kappa shape index (κ1) is 23.0. The maximum absolute atomic E-state index is 13.5. The predicted molar refractivity (Wildman–Crippen MR) is 125 cm³/mol. The molecule has 2 N–H and O–H groups in total. The third kappa shape index (κ3) is 6.94. The lowest BCUT2D eigenvalue weighted by molar-refractivity contribution is 0.0170. The first-order chi connectivity index (χ1) is 15.1. The zero-order chi connectivity index (χ0) is 22.1. The number of morpholine rings is 1. The van der Waals surface area contributed by atoms with Gasteiger partial charge in [0, 0.05) is 46.0 Å². The number of halogens is 1. The summed E-state index contributed by atoms with van der Waals surface area (Å²) in [6.45, 7) is 7.25. The Kier molecular flexibility index (Phi) is 8.67. The molecule has 31 heavy (non-hydrogen) atoms. The molecule has 0 radical (unpaired) electrons. The molecule has 1 heterocycles. The Morgan fingerprint density at radius 3 is 2.55 bits per heavy atom. The lowest BCUT2D eigenvalue weighted by Crippen LogP contribution is -2.46. The van der Waals surface area contributed by atoms with Crippen LogP contribution in [0.4, 0.5) is 10.1 Å². The molecule has 1 unspecified atom stereocenters. The second kappa shape index (κ2) is 11.7. The Morgan fingerprint density at radius 1 is 1.13 bits per heavy atom. The summed E-state index contributed by atoms with van der Waals surface area (Å²) in [5.41, 5.74) is 3.41. The Bertz CT molecular complexity index is 834. The molecule has 1 aliphatic rings. The molecule has 0 amide bonds. The van der Waals surface area contributed by atoms with E-state index in [0.29, 0.717) is 26.3 Å². The van der Waals surface area contributed by atoms with Crippen LogP contribution >= 0.6 is 0 Å². The minimum absolute atomic E-state index is 0.116. The number of guanidine groups is 1. The van der Waals surface area contributed by atoms with Crippen molar-refractivity contribution in [1.29, 1.82) is 0 Å². The van der Waals surface area contributed by atoms with Gasteiger partial charge in [-0.3, -0.25) is 4.90 Å². The van der Waals surface area contributed by atoms with Crippen molar-refractivity contribution in [2.24, 2.45) is 4.99 Å². The van der Waals surface area contributed by atoms with E-state index in [1.807, 2.05) is 26.2 Å². The molecule has 6 nitrogen and oxygen atoms in total. The molecule has 3 rings (SSSR count). The van der Waals surface area contributed by atoms with Crippen molar-refractivity contribution in [3.8, 4) is 0 Å². The molecule has 2 aromatic carbocycles. The third-order valence-corrected chi connectivity index (χ3v) is 5.40. The molecule has 1 atom stereocenters. The number of hydrogen-bond acceptors (Lipinski definition) is 4. The van der Waals surface area contributed by atoms with Gasteiger partial charge >= 0.3 is 0 Å². The van der Waals surface area contributed by atoms with Crippen molar-refractivity contribution in [2.45, 2.75) is 19.5 Å². The average molecular weight is 428 g/mol. The number of ether oxygens (including phenoxy) is 1. The fourth-order valence-electron chi connectivity index (χ4n) is 3.67. The van der Waals surface area contributed by atoms with Gasteiger partial charge in [0.15, 0.2) is 5.96 Å². The number of benzene rings is 2. The van der Waals surface area contributed by atoms with Crippen molar-refractivity contribution in [1.82, 2.24) is 15.5 Å². The van der Waals surface area contributed by atoms with Crippen molar-refractivity contribution in [3.63, 3.8) is 0 Å². The lowest BCUT2D eigenvalue weighted by Gasteiger charge is -2.35. The summed E-state index contributed by atoms with van der Waals surface area (Å²) in [6.07, 6.45) is 0. The van der Waals surface area contributed by atoms with Gasteiger partial charge in [-0.25, -0.2) is 9.38 Å². The normalized spacial score (nSPS) is 16.1. The van der Waals surface area contributed by atoms with Crippen LogP contribution in [-0.2, 0) is 11.3 Å². The van der Waals surface area contributed by atoms with Crippen LogP contribution in [0.1, 0.15) is 24.1 Å². The van der Waals surface area contributed by atoms with E-state index in [2.05, 4.69) is 51.6 Å². The fourth-order valence-corrected chi connectivity index (χ4v) is 3.67. The predicted octanol–water partition coefficient (Wildman–Crippen LogP) is 3.02. The first-order valence-electron chi connectivity index (χ1n) is 10.9. The van der Waals surface area contributed by atoms with Gasteiger partial charge in [-0.2, -0.15) is 0 Å². The van der Waals surface area contributed by atoms with Crippen LogP contribution in [0, 0.1) is 5.82 Å². The highest BCUT2D eigenvalue weighted by Gasteiger charge is 2.23. The van der Waals surface area contributed by atoms with Crippen LogP contribution in [0.15, 0.2) is 53.5 Å². The molecule has 0 spiro atoms. The summed E-state index contributed by atoms with van der Waals surface area (Å²) in [7, 11) is 4.07. The second-order valence-corrected chi connectivity index (χ2v) is 7.86. The highest BCUT2D eigenvalue weighted by atomic mass is 19.1. The van der Waals surface area contributed by atoms with E-state index in [-0.39, 0.29) is 11.9 Å². The van der Waals surface area contributed by atoms with Crippen LogP contribution in [0.3, 0.4) is 0 Å². The van der Waals surface area contributed by atoms with E-state index >= 15 is 0 Å². The minimum atomic E-state index is -0.215. The van der Waals surface area contributed by atoms with Crippen molar-refractivity contribution in [2.75, 3.05) is 58.4 Å². The highest BCUT2D eigenvalue weighted by molar-refractivity contribution is 5.79. The highest BCUT2D eigenvalue weighted by Crippen LogP contribution is 2.22. The molecular weight excluding hydrogens is 393 g/mol. The van der Waals surface area contributed by atoms with E-state index in [1.54, 1.807) is 0 Å². The Balaban J connectivity index is 1.71. The van der Waals surface area contributed by atoms with Crippen LogP contribution in [0.25, 0.3) is 0 Å². The molecule has 0 aromatic heterocycles. The summed E-state index contributed by atoms with van der Waals surface area (Å²) in [5, 5.41) is 6.83. The van der Waals surface area contributed by atoms with Crippen molar-refractivity contribution < 1.29 is 9.13 Å². The lowest BCUT2D eigenvalue weighted by atomic mass is 10.0. The number of nitrogens with one attached hydrogen (secondary N) is 2. The third-order valence-electron chi connectivity index (χ3n) is 5.40. The number of aliphatic imine (C=N–C) groups is 1. The standard InChI is InChI=1S/C24H34FN5O/c1-4-26-24(27-17-19-6-5-7-22(16-19)29(2)3)28-18-23(30-12-14-31-15-13-30)20-8-10-21(25)11-9-20/h5-11,16,23H,4,12-15,17-18H2,1-3H3,(H2,26,27,28). The zero-order valence-corrected chi connectivity index (χ0v) is 18.8. The molecule has 0 bridgehead atoms. The van der Waals surface area contributed by atoms with Crippen LogP contribution in [-0.4, -0.2) is 64.3 Å². The Morgan fingerprint density at radius 2 is 1.87 bits per heavy atom. The minimum Gasteiger partial charge on any atom is -0.379 e. The molecule has 0 aliphatic carbocycles. The van der Waals surface area contributed by atoms with Crippen molar-refractivity contribution in [3.05, 3.63) is 65.5 Å². The van der Waals surface area contributed by atoms with Gasteiger partial charge in [0.1, 0.15) is 5.82 Å². The largest absolute Gasteiger partial charge is 0.379 e. The Hall–Kier alpha value is -2.64. The molecule has 1 saturated heterocycles. The van der Waals surface area contributed by atoms with E-state index in [0.717, 1.165) is 42.4 Å². The molecule has 1 aliphatic heterocycles. The van der Waals surface area contributed by atoms with E-state index in [9.17, 15) is 4.39 Å². The quantitative estimate of drug-likeness (QED) is 0.501. The van der Waals surface area contributed by atoms with Gasteiger partial charge in [0.2, 0.25) is 0 Å². The summed E-state index contributed by atoms with van der Waals surface area (Å²) < 4.78 is 19.0. The van der Waals surface area contributed by atoms with Gasteiger partial charge in [-0.1, -0.05) is 24.3 Å². The molecule has 2 aromatic rings. The van der Waals surface area contributed by atoms with Gasteiger partial charge in [0.05, 0.1) is 25.8 Å². The van der Waals surface area contributed by atoms with E-state index in [1.165, 1.54) is 12.1 Å². The van der Waals surface area contributed by atoms with Gasteiger partial charge in [-0.15, -0.1) is 0 Å². The average Bonchev–Trinajstić information content (AvgIpc) is 2.79. The molecule has 168 valence electrons. The molecular formula is C24H34FN5O. The fraction of sp³-hybridized carbons (Fsp3) is 0.458. The smallest absolute Gasteiger partial charge is 0.191 e. The molecule has 7 heteroatoms. The Labute approximate surface area is 185 Å². The summed E-state index contributed by atoms with van der Waals surface area (Å²) >= 11 is 0. The maximum atomic E-state index is 13.5. The van der Waals surface area contributed by atoms with Gasteiger partial charge in [0.25, 0.3) is 0 Å². The number of anilines is 1. The summed E-state index contributed by atoms with van der Waals surface area (Å²) in [6, 6.07) is 15.3. The van der Waals surface area contributed by atoms with Crippen molar-refractivity contribution >= 4 is 11.6 Å². The zero-order valence-electron chi connectivity index (χ0n) is 18.8. The topological polar surface area (TPSA) is 52.1 Å².